The fourth-order valence-electron chi connectivity index (χ4n) is 12.1. The van der Waals surface area contributed by atoms with E-state index in [0.29, 0.717) is 0 Å². The molecule has 4 heteroatoms. The number of furan rings is 2. The van der Waals surface area contributed by atoms with E-state index in [4.69, 9.17) is 8.83 Å². The van der Waals surface area contributed by atoms with Crippen molar-refractivity contribution in [1.29, 1.82) is 0 Å². The molecule has 4 heterocycles. The van der Waals surface area contributed by atoms with Gasteiger partial charge in [0.2, 0.25) is 0 Å². The number of nitrogens with zero attached hydrogens (tertiary/aromatic N) is 2. The Morgan fingerprint density at radius 1 is 0.282 bits per heavy atom. The summed E-state index contributed by atoms with van der Waals surface area (Å²) < 4.78 is 12.8. The number of hydrogen-bond donors (Lipinski definition) is 0. The van der Waals surface area contributed by atoms with Crippen LogP contribution in [0.3, 0.4) is 0 Å². The molecule has 0 bridgehead atoms. The van der Waals surface area contributed by atoms with Crippen LogP contribution in [-0.4, -0.2) is 0 Å². The minimum Gasteiger partial charge on any atom is -0.456 e. The molecule has 0 unspecified atom stereocenters. The second kappa shape index (κ2) is 15.3. The third kappa shape index (κ3) is 5.73. The van der Waals surface area contributed by atoms with Gasteiger partial charge in [-0.1, -0.05) is 182 Å². The molecule has 71 heavy (non-hydrogen) atoms. The summed E-state index contributed by atoms with van der Waals surface area (Å²) in [6.45, 7) is 0. The van der Waals surface area contributed by atoms with Crippen LogP contribution < -0.4 is 9.80 Å². The van der Waals surface area contributed by atoms with E-state index in [0.717, 1.165) is 100 Å². The van der Waals surface area contributed by atoms with Gasteiger partial charge < -0.3 is 18.6 Å². The highest BCUT2D eigenvalue weighted by atomic mass is 16.3. The van der Waals surface area contributed by atoms with Crippen molar-refractivity contribution in [2.24, 2.45) is 0 Å². The molecule has 2 aliphatic heterocycles. The molecule has 11 aromatic carbocycles. The maximum absolute atomic E-state index is 6.50. The minimum absolute atomic E-state index is 0.689. The summed E-state index contributed by atoms with van der Waals surface area (Å²) in [6.07, 6.45) is 0. The first-order valence-electron chi connectivity index (χ1n) is 24.3. The van der Waals surface area contributed by atoms with Crippen LogP contribution in [0.2, 0.25) is 0 Å². The lowest BCUT2D eigenvalue weighted by Crippen LogP contribution is -2.42. The van der Waals surface area contributed by atoms with Crippen molar-refractivity contribution in [2.45, 2.75) is 5.41 Å². The Morgan fingerprint density at radius 2 is 0.746 bits per heavy atom. The Hall–Kier alpha value is -9.38. The van der Waals surface area contributed by atoms with Gasteiger partial charge in [0.15, 0.2) is 0 Å². The van der Waals surface area contributed by atoms with Crippen LogP contribution in [0, 0.1) is 0 Å². The zero-order valence-corrected chi connectivity index (χ0v) is 38.5. The van der Waals surface area contributed by atoms with Gasteiger partial charge in [0, 0.05) is 38.5 Å². The molecule has 0 atom stereocenters. The van der Waals surface area contributed by atoms with Gasteiger partial charge in [0.25, 0.3) is 0 Å². The predicted octanol–water partition coefficient (Wildman–Crippen LogP) is 18.4. The highest BCUT2D eigenvalue weighted by Gasteiger charge is 2.52. The average Bonchev–Trinajstić information content (AvgIpc) is 4.03. The Kier molecular flexibility index (Phi) is 8.54. The highest BCUT2D eigenvalue weighted by molar-refractivity contribution is 6.13. The first kappa shape index (κ1) is 39.6. The van der Waals surface area contributed by atoms with Crippen LogP contribution >= 0.6 is 0 Å². The lowest BCUT2D eigenvalue weighted by atomic mass is 9.60. The Bertz CT molecular complexity index is 4190. The van der Waals surface area contributed by atoms with E-state index in [-0.39, 0.29) is 0 Å². The van der Waals surface area contributed by atoms with Gasteiger partial charge in [-0.3, -0.25) is 0 Å². The maximum Gasteiger partial charge on any atom is 0.143 e. The maximum atomic E-state index is 6.50. The van der Waals surface area contributed by atoms with Gasteiger partial charge in [-0.05, 0) is 123 Å². The third-order valence-corrected chi connectivity index (χ3v) is 15.1. The topological polar surface area (TPSA) is 32.8 Å². The molecule has 2 aromatic heterocycles. The average molecular weight is 907 g/mol. The van der Waals surface area contributed by atoms with Crippen molar-refractivity contribution in [2.75, 3.05) is 9.80 Å². The predicted molar refractivity (Wildman–Crippen MR) is 292 cm³/mol. The molecule has 0 N–H and O–H groups in total. The fraction of sp³-hybridized carbons (Fsp3) is 0.0149. The van der Waals surface area contributed by atoms with Gasteiger partial charge in [-0.15, -0.1) is 0 Å². The lowest BCUT2D eigenvalue weighted by Gasteiger charge is -2.51. The molecule has 0 amide bonds. The molecule has 1 spiro atoms. The van der Waals surface area contributed by atoms with Crippen LogP contribution in [0.15, 0.2) is 264 Å². The van der Waals surface area contributed by atoms with Crippen LogP contribution in [-0.2, 0) is 5.41 Å². The Labute approximate surface area is 410 Å². The lowest BCUT2D eigenvalue weighted by molar-refractivity contribution is 0.669. The van der Waals surface area contributed by atoms with Crippen molar-refractivity contribution in [3.8, 4) is 33.4 Å². The molecule has 0 radical (unpaired) electrons. The number of fused-ring (bicyclic) bond motifs is 14. The summed E-state index contributed by atoms with van der Waals surface area (Å²) >= 11 is 0. The normalized spacial score (nSPS) is 13.4. The molecular formula is C67H42N2O2. The molecule has 0 fully saturated rings. The molecule has 332 valence electrons. The van der Waals surface area contributed by atoms with E-state index in [1.807, 2.05) is 24.3 Å². The van der Waals surface area contributed by atoms with Crippen LogP contribution in [0.5, 0.6) is 0 Å². The van der Waals surface area contributed by atoms with Crippen LogP contribution in [0.25, 0.3) is 77.3 Å². The standard InChI is InChI=1S/C67H42N2O2/c1-2-16-43(17-3-1)46-36-41-61-57(42-46)67(56-25-8-11-28-60(56)69(61)48-37-32-44(33-38-48)49-20-15-31-64-65(49)53-19-5-13-30-63(53)70-64)54-23-6-9-26-58(54)68(59-27-10-7-24-55(59)67)47-39-34-45(35-40-47)50-21-14-22-52-51-18-4-12-29-62(51)71-66(50)52/h1-42H. The second-order valence-electron chi connectivity index (χ2n) is 18.7. The SMILES string of the molecule is c1ccc(-c2ccc3c(c2)C2(c4ccccc4N(c4ccc(-c5cccc6c5oc5ccccc56)cc4)c4ccccc42)c2ccccc2N3c2ccc(-c3cccc4oc5ccccc5c34)cc2)cc1. The zero-order valence-electron chi connectivity index (χ0n) is 38.5. The monoisotopic (exact) mass is 906 g/mol. The van der Waals surface area contributed by atoms with Gasteiger partial charge >= 0.3 is 0 Å². The number of rotatable bonds is 5. The largest absolute Gasteiger partial charge is 0.456 e. The highest BCUT2D eigenvalue weighted by Crippen LogP contribution is 2.64. The minimum atomic E-state index is -0.689. The van der Waals surface area contributed by atoms with Gasteiger partial charge in [-0.2, -0.15) is 0 Å². The summed E-state index contributed by atoms with van der Waals surface area (Å²) in [5, 5.41) is 4.52. The Morgan fingerprint density at radius 3 is 1.39 bits per heavy atom. The van der Waals surface area contributed by atoms with E-state index in [1.54, 1.807) is 0 Å². The molecular weight excluding hydrogens is 865 g/mol. The molecule has 4 nitrogen and oxygen atoms in total. The number of benzene rings is 11. The van der Waals surface area contributed by atoms with E-state index in [1.165, 1.54) is 33.4 Å². The zero-order chi connectivity index (χ0) is 46.6. The van der Waals surface area contributed by atoms with Crippen LogP contribution in [0.4, 0.5) is 34.1 Å². The quantitative estimate of drug-likeness (QED) is 0.172. The van der Waals surface area contributed by atoms with Crippen molar-refractivity contribution >= 4 is 78.0 Å². The first-order valence-corrected chi connectivity index (χ1v) is 24.3. The number of anilines is 6. The van der Waals surface area contributed by atoms with Gasteiger partial charge in [-0.25, -0.2) is 0 Å². The van der Waals surface area contributed by atoms with Crippen molar-refractivity contribution in [3.63, 3.8) is 0 Å². The number of hydrogen-bond acceptors (Lipinski definition) is 4. The molecule has 2 aliphatic rings. The molecule has 13 aromatic rings. The summed E-state index contributed by atoms with van der Waals surface area (Å²) in [6, 6.07) is 92.6. The smallest absolute Gasteiger partial charge is 0.143 e. The summed E-state index contributed by atoms with van der Waals surface area (Å²) in [7, 11) is 0. The Balaban J connectivity index is 0.917. The fourth-order valence-corrected chi connectivity index (χ4v) is 12.1. The second-order valence-corrected chi connectivity index (χ2v) is 18.7. The molecule has 0 saturated carbocycles. The molecule has 15 rings (SSSR count). The third-order valence-electron chi connectivity index (χ3n) is 15.1. The van der Waals surface area contributed by atoms with Crippen LogP contribution in [0.1, 0.15) is 22.3 Å². The molecule has 0 aliphatic carbocycles. The summed E-state index contributed by atoms with van der Waals surface area (Å²) in [5.74, 6) is 0. The number of para-hydroxylation sites is 6. The van der Waals surface area contributed by atoms with E-state index in [9.17, 15) is 0 Å². The molecule has 0 saturated heterocycles. The van der Waals surface area contributed by atoms with Crippen molar-refractivity contribution < 1.29 is 8.83 Å². The van der Waals surface area contributed by atoms with Gasteiger partial charge in [0.05, 0.1) is 28.2 Å². The summed E-state index contributed by atoms with van der Waals surface area (Å²) in [4.78, 5) is 4.93. The van der Waals surface area contributed by atoms with Gasteiger partial charge in [0.1, 0.15) is 22.3 Å². The van der Waals surface area contributed by atoms with E-state index < -0.39 is 5.41 Å². The van der Waals surface area contributed by atoms with E-state index >= 15 is 0 Å². The summed E-state index contributed by atoms with van der Waals surface area (Å²) in [5.41, 5.74) is 21.4. The van der Waals surface area contributed by atoms with Crippen molar-refractivity contribution in [3.05, 3.63) is 277 Å². The first-order chi connectivity index (χ1) is 35.2. The van der Waals surface area contributed by atoms with Crippen molar-refractivity contribution in [1.82, 2.24) is 0 Å². The van der Waals surface area contributed by atoms with E-state index in [2.05, 4.69) is 240 Å².